The van der Waals surface area contributed by atoms with Crippen LogP contribution in [0.1, 0.15) is 30.1 Å². The molecule has 1 aliphatic heterocycles. The number of ether oxygens (including phenoxy) is 2. The predicted molar refractivity (Wildman–Crippen MR) is 109 cm³/mol. The highest BCUT2D eigenvalue weighted by Crippen LogP contribution is 2.40. The average molecular weight is 396 g/mol. The van der Waals surface area contributed by atoms with Crippen molar-refractivity contribution in [2.45, 2.75) is 19.8 Å². The van der Waals surface area contributed by atoms with Gasteiger partial charge in [0.2, 0.25) is 0 Å². The standard InChI is InChI=1S/C22H24N2O5/c1-3-4-13-29-21(26)15-24-19-12-8-7-11-18(19)23(14-20(25)28-2)17-10-6-5-9-16(17)22(24)27/h5-12H,3-4,13-15H2,1-2H3. The monoisotopic (exact) mass is 396 g/mol. The molecule has 0 radical (unpaired) electrons. The van der Waals surface area contributed by atoms with Crippen molar-refractivity contribution in [3.05, 3.63) is 54.1 Å². The molecule has 1 amide bonds. The average Bonchev–Trinajstić information content (AvgIpc) is 2.83. The fourth-order valence-corrected chi connectivity index (χ4v) is 3.22. The zero-order valence-electron chi connectivity index (χ0n) is 16.6. The molecule has 152 valence electrons. The fraction of sp³-hybridized carbons (Fsp3) is 0.318. The van der Waals surface area contributed by atoms with E-state index in [1.165, 1.54) is 12.0 Å². The van der Waals surface area contributed by atoms with Gasteiger partial charge in [0, 0.05) is 0 Å². The van der Waals surface area contributed by atoms with Gasteiger partial charge < -0.3 is 14.4 Å². The molecule has 3 rings (SSSR count). The number of amides is 1. The van der Waals surface area contributed by atoms with Crippen molar-refractivity contribution in [1.82, 2.24) is 0 Å². The van der Waals surface area contributed by atoms with Crippen molar-refractivity contribution in [2.75, 3.05) is 36.6 Å². The first kappa shape index (κ1) is 20.4. The number of hydrogen-bond donors (Lipinski definition) is 0. The van der Waals surface area contributed by atoms with Crippen molar-refractivity contribution >= 4 is 34.9 Å². The summed E-state index contributed by atoms with van der Waals surface area (Å²) < 4.78 is 10.1. The lowest BCUT2D eigenvalue weighted by molar-refractivity contribution is -0.142. The van der Waals surface area contributed by atoms with Crippen LogP contribution in [0.5, 0.6) is 0 Å². The summed E-state index contributed by atoms with van der Waals surface area (Å²) in [4.78, 5) is 40.9. The van der Waals surface area contributed by atoms with Gasteiger partial charge in [-0.25, -0.2) is 0 Å². The van der Waals surface area contributed by atoms with Gasteiger partial charge in [0.1, 0.15) is 13.1 Å². The van der Waals surface area contributed by atoms with Crippen molar-refractivity contribution in [3.63, 3.8) is 0 Å². The SMILES string of the molecule is CCCCOC(=O)CN1C(=O)c2ccccc2N(CC(=O)OC)c2ccccc21. The van der Waals surface area contributed by atoms with E-state index >= 15 is 0 Å². The molecule has 2 aromatic carbocycles. The molecule has 29 heavy (non-hydrogen) atoms. The third-order valence-corrected chi connectivity index (χ3v) is 4.70. The number of esters is 2. The third kappa shape index (κ3) is 4.39. The second kappa shape index (κ2) is 9.23. The quantitative estimate of drug-likeness (QED) is 0.528. The number of rotatable bonds is 7. The highest BCUT2D eigenvalue weighted by atomic mass is 16.5. The topological polar surface area (TPSA) is 76.2 Å². The van der Waals surface area contributed by atoms with E-state index in [1.54, 1.807) is 41.3 Å². The molecule has 1 aliphatic rings. The summed E-state index contributed by atoms with van der Waals surface area (Å²) in [5, 5.41) is 0. The maximum Gasteiger partial charge on any atom is 0.326 e. The molecular weight excluding hydrogens is 372 g/mol. The number of hydrogen-bond acceptors (Lipinski definition) is 6. The number of carbonyl (C=O) groups excluding carboxylic acids is 3. The van der Waals surface area contributed by atoms with Crippen LogP contribution in [0.25, 0.3) is 0 Å². The Labute approximate surface area is 169 Å². The number of fused-ring (bicyclic) bond motifs is 2. The lowest BCUT2D eigenvalue weighted by Crippen LogP contribution is -2.36. The van der Waals surface area contributed by atoms with Crippen LogP contribution >= 0.6 is 0 Å². The first-order valence-electron chi connectivity index (χ1n) is 9.56. The van der Waals surface area contributed by atoms with Gasteiger partial charge in [0.05, 0.1) is 36.3 Å². The molecule has 7 heteroatoms. The molecule has 0 spiro atoms. The number of carbonyl (C=O) groups is 3. The normalized spacial score (nSPS) is 12.7. The summed E-state index contributed by atoms with van der Waals surface area (Å²) in [5.74, 6) is -1.23. The molecule has 2 aromatic rings. The van der Waals surface area contributed by atoms with E-state index < -0.39 is 11.9 Å². The van der Waals surface area contributed by atoms with Gasteiger partial charge in [-0.1, -0.05) is 37.6 Å². The molecule has 0 aromatic heterocycles. The second-order valence-electron chi connectivity index (χ2n) is 6.63. The zero-order chi connectivity index (χ0) is 20.8. The highest BCUT2D eigenvalue weighted by Gasteiger charge is 2.32. The number of benzene rings is 2. The van der Waals surface area contributed by atoms with Gasteiger partial charge in [0.25, 0.3) is 5.91 Å². The summed E-state index contributed by atoms with van der Waals surface area (Å²) in [7, 11) is 1.32. The second-order valence-corrected chi connectivity index (χ2v) is 6.63. The Kier molecular flexibility index (Phi) is 6.49. The molecule has 0 bridgehead atoms. The molecule has 0 atom stereocenters. The van der Waals surface area contributed by atoms with E-state index in [0.29, 0.717) is 29.2 Å². The predicted octanol–water partition coefficient (Wildman–Crippen LogP) is 3.30. The number of unbranched alkanes of at least 4 members (excludes halogenated alkanes) is 1. The minimum Gasteiger partial charge on any atom is -0.468 e. The van der Waals surface area contributed by atoms with Crippen molar-refractivity contribution in [1.29, 1.82) is 0 Å². The van der Waals surface area contributed by atoms with Crippen molar-refractivity contribution < 1.29 is 23.9 Å². The third-order valence-electron chi connectivity index (χ3n) is 4.70. The first-order chi connectivity index (χ1) is 14.1. The fourth-order valence-electron chi connectivity index (χ4n) is 3.22. The van der Waals surface area contributed by atoms with Crippen molar-refractivity contribution in [2.24, 2.45) is 0 Å². The van der Waals surface area contributed by atoms with Gasteiger partial charge >= 0.3 is 11.9 Å². The maximum absolute atomic E-state index is 13.3. The number of methoxy groups -OCH3 is 1. The molecule has 1 heterocycles. The Hall–Kier alpha value is -3.35. The van der Waals surface area contributed by atoms with Gasteiger partial charge in [-0.15, -0.1) is 0 Å². The van der Waals surface area contributed by atoms with Crippen LogP contribution in [0, 0.1) is 0 Å². The Balaban J connectivity index is 2.04. The van der Waals surface area contributed by atoms with Crippen molar-refractivity contribution in [3.8, 4) is 0 Å². The van der Waals surface area contributed by atoms with E-state index in [9.17, 15) is 14.4 Å². The first-order valence-corrected chi connectivity index (χ1v) is 9.56. The zero-order valence-corrected chi connectivity index (χ0v) is 16.6. The Morgan fingerprint density at radius 1 is 0.862 bits per heavy atom. The summed E-state index contributed by atoms with van der Waals surface area (Å²) in [6.45, 7) is 2.06. The lowest BCUT2D eigenvalue weighted by Gasteiger charge is -2.26. The minimum atomic E-state index is -0.472. The van der Waals surface area contributed by atoms with Crippen LogP contribution < -0.4 is 9.80 Å². The van der Waals surface area contributed by atoms with Gasteiger partial charge in [-0.3, -0.25) is 19.3 Å². The lowest BCUT2D eigenvalue weighted by atomic mass is 10.1. The summed E-state index contributed by atoms with van der Waals surface area (Å²) in [6.07, 6.45) is 1.68. The molecule has 0 N–H and O–H groups in total. The Morgan fingerprint density at radius 2 is 1.45 bits per heavy atom. The smallest absolute Gasteiger partial charge is 0.326 e. The number of nitrogens with zero attached hydrogens (tertiary/aromatic N) is 2. The Bertz CT molecular complexity index is 912. The van der Waals surface area contributed by atoms with E-state index in [0.717, 1.165) is 12.8 Å². The number of anilines is 3. The minimum absolute atomic E-state index is 0.0629. The van der Waals surface area contributed by atoms with E-state index in [2.05, 4.69) is 0 Å². The molecule has 0 aliphatic carbocycles. The van der Waals surface area contributed by atoms with Crippen LogP contribution in [-0.4, -0.2) is 44.7 Å². The van der Waals surface area contributed by atoms with Crippen LogP contribution in [0.2, 0.25) is 0 Å². The summed E-state index contributed by atoms with van der Waals surface area (Å²) in [5.41, 5.74) is 2.15. The van der Waals surface area contributed by atoms with E-state index in [-0.39, 0.29) is 19.0 Å². The Morgan fingerprint density at radius 3 is 2.10 bits per heavy atom. The molecular formula is C22H24N2O5. The van der Waals surface area contributed by atoms with Crippen LogP contribution in [0.15, 0.2) is 48.5 Å². The largest absolute Gasteiger partial charge is 0.468 e. The molecule has 0 unspecified atom stereocenters. The molecule has 0 saturated carbocycles. The van der Waals surface area contributed by atoms with Gasteiger partial charge in [-0.05, 0) is 30.7 Å². The molecule has 0 saturated heterocycles. The summed E-state index contributed by atoms with van der Waals surface area (Å²) >= 11 is 0. The maximum atomic E-state index is 13.3. The van der Waals surface area contributed by atoms with Crippen LogP contribution in [0.3, 0.4) is 0 Å². The molecule has 7 nitrogen and oxygen atoms in total. The summed E-state index contributed by atoms with van der Waals surface area (Å²) in [6, 6.07) is 14.2. The van der Waals surface area contributed by atoms with Crippen LogP contribution in [0.4, 0.5) is 17.1 Å². The highest BCUT2D eigenvalue weighted by molar-refractivity contribution is 6.15. The van der Waals surface area contributed by atoms with Crippen LogP contribution in [-0.2, 0) is 19.1 Å². The van der Waals surface area contributed by atoms with Gasteiger partial charge in [0.15, 0.2) is 0 Å². The number of para-hydroxylation sites is 3. The van der Waals surface area contributed by atoms with Gasteiger partial charge in [-0.2, -0.15) is 0 Å². The van der Waals surface area contributed by atoms with E-state index in [4.69, 9.17) is 9.47 Å². The van der Waals surface area contributed by atoms with E-state index in [1.807, 2.05) is 19.1 Å². The molecule has 0 fully saturated rings.